The van der Waals surface area contributed by atoms with Gasteiger partial charge in [-0.15, -0.1) is 11.3 Å². The Kier molecular flexibility index (Phi) is 4.35. The van der Waals surface area contributed by atoms with Gasteiger partial charge < -0.3 is 10.2 Å². The molecule has 1 fully saturated rings. The van der Waals surface area contributed by atoms with E-state index in [0.29, 0.717) is 12.5 Å². The van der Waals surface area contributed by atoms with Crippen molar-refractivity contribution < 1.29 is 4.79 Å². The molecule has 100 valence electrons. The Morgan fingerprint density at radius 1 is 1.67 bits per heavy atom. The van der Waals surface area contributed by atoms with Crippen LogP contribution in [-0.4, -0.2) is 35.4 Å². The summed E-state index contributed by atoms with van der Waals surface area (Å²) in [5.74, 6) is 0.631. The summed E-state index contributed by atoms with van der Waals surface area (Å²) in [5, 5.41) is 3.34. The molecule has 0 radical (unpaired) electrons. The summed E-state index contributed by atoms with van der Waals surface area (Å²) in [6.07, 6.45) is 2.31. The lowest BCUT2D eigenvalue weighted by Crippen LogP contribution is -2.51. The maximum Gasteiger partial charge on any atom is 0.240 e. The first-order valence-corrected chi connectivity index (χ1v) is 7.35. The van der Waals surface area contributed by atoms with Crippen LogP contribution < -0.4 is 5.32 Å². The summed E-state index contributed by atoms with van der Waals surface area (Å²) in [5.41, 5.74) is 2.87. The van der Waals surface area contributed by atoms with Crippen LogP contribution in [0.4, 0.5) is 0 Å². The molecule has 18 heavy (non-hydrogen) atoms. The lowest BCUT2D eigenvalue weighted by molar-refractivity contribution is -0.134. The number of carbonyl (C=O) groups is 1. The number of aryl methyl sites for hydroxylation is 1. The standard InChI is InChI=1S/C13H21N3OS/c1-9-5-4-6-14-12(9)13(17)16(3)7-11-10(2)15-8-18-11/h8-9,12,14H,4-7H2,1-3H3. The van der Waals surface area contributed by atoms with Gasteiger partial charge in [0.05, 0.1) is 23.8 Å². The van der Waals surface area contributed by atoms with Crippen molar-refractivity contribution in [1.82, 2.24) is 15.2 Å². The second-order valence-corrected chi connectivity index (χ2v) is 6.05. The normalized spacial score (nSPS) is 23.9. The van der Waals surface area contributed by atoms with Crippen LogP contribution in [0, 0.1) is 12.8 Å². The number of hydrogen-bond acceptors (Lipinski definition) is 4. The zero-order valence-corrected chi connectivity index (χ0v) is 12.1. The van der Waals surface area contributed by atoms with Crippen molar-refractivity contribution >= 4 is 17.2 Å². The molecule has 1 saturated heterocycles. The van der Waals surface area contributed by atoms with Gasteiger partial charge in [-0.1, -0.05) is 6.92 Å². The maximum absolute atomic E-state index is 12.4. The molecular formula is C13H21N3OS. The predicted octanol–water partition coefficient (Wildman–Crippen LogP) is 1.80. The lowest BCUT2D eigenvalue weighted by Gasteiger charge is -2.32. The van der Waals surface area contributed by atoms with Crippen molar-refractivity contribution in [2.45, 2.75) is 39.3 Å². The molecule has 4 nitrogen and oxygen atoms in total. The third-order valence-corrected chi connectivity index (χ3v) is 4.56. The molecule has 0 saturated carbocycles. The molecule has 0 aromatic carbocycles. The summed E-state index contributed by atoms with van der Waals surface area (Å²) in [6, 6.07) is -0.0167. The highest BCUT2D eigenvalue weighted by Gasteiger charge is 2.29. The van der Waals surface area contributed by atoms with Crippen LogP contribution in [0.2, 0.25) is 0 Å². The van der Waals surface area contributed by atoms with Gasteiger partial charge in [0.1, 0.15) is 0 Å². The zero-order chi connectivity index (χ0) is 13.1. The van der Waals surface area contributed by atoms with Crippen LogP contribution in [0.5, 0.6) is 0 Å². The van der Waals surface area contributed by atoms with Crippen LogP contribution >= 0.6 is 11.3 Å². The Bertz CT molecular complexity index is 418. The maximum atomic E-state index is 12.4. The average Bonchev–Trinajstić information content (AvgIpc) is 2.75. The number of rotatable bonds is 3. The number of piperidine rings is 1. The molecule has 1 aliphatic rings. The smallest absolute Gasteiger partial charge is 0.240 e. The molecule has 5 heteroatoms. The molecule has 1 aromatic heterocycles. The Balaban J connectivity index is 1.98. The van der Waals surface area contributed by atoms with E-state index in [-0.39, 0.29) is 11.9 Å². The van der Waals surface area contributed by atoms with E-state index in [1.807, 2.05) is 24.4 Å². The summed E-state index contributed by atoms with van der Waals surface area (Å²) < 4.78 is 0. The quantitative estimate of drug-likeness (QED) is 0.908. The first-order valence-electron chi connectivity index (χ1n) is 6.47. The van der Waals surface area contributed by atoms with Gasteiger partial charge >= 0.3 is 0 Å². The Morgan fingerprint density at radius 3 is 3.06 bits per heavy atom. The third kappa shape index (κ3) is 2.90. The van der Waals surface area contributed by atoms with E-state index in [1.54, 1.807) is 11.3 Å². The van der Waals surface area contributed by atoms with E-state index in [0.717, 1.165) is 18.7 Å². The summed E-state index contributed by atoms with van der Waals surface area (Å²) in [4.78, 5) is 19.6. The molecule has 2 atom stereocenters. The second kappa shape index (κ2) is 5.80. The predicted molar refractivity (Wildman–Crippen MR) is 73.5 cm³/mol. The number of nitrogens with one attached hydrogen (secondary N) is 1. The minimum Gasteiger partial charge on any atom is -0.339 e. The average molecular weight is 267 g/mol. The van der Waals surface area contributed by atoms with Crippen molar-refractivity contribution in [2.24, 2.45) is 5.92 Å². The number of likely N-dealkylation sites (N-methyl/N-ethyl adjacent to an activating group) is 1. The molecule has 1 amide bonds. The van der Waals surface area contributed by atoms with Crippen LogP contribution in [0.15, 0.2) is 5.51 Å². The van der Waals surface area contributed by atoms with E-state index in [2.05, 4.69) is 17.2 Å². The summed E-state index contributed by atoms with van der Waals surface area (Å²) in [6.45, 7) is 5.76. The Morgan fingerprint density at radius 2 is 2.44 bits per heavy atom. The van der Waals surface area contributed by atoms with Gasteiger partial charge in [0, 0.05) is 11.9 Å². The van der Waals surface area contributed by atoms with Crippen molar-refractivity contribution in [2.75, 3.05) is 13.6 Å². The summed E-state index contributed by atoms with van der Waals surface area (Å²) in [7, 11) is 1.88. The highest BCUT2D eigenvalue weighted by molar-refractivity contribution is 7.09. The van der Waals surface area contributed by atoms with Crippen LogP contribution in [-0.2, 0) is 11.3 Å². The van der Waals surface area contributed by atoms with E-state index >= 15 is 0 Å². The van der Waals surface area contributed by atoms with E-state index in [4.69, 9.17) is 0 Å². The number of aromatic nitrogens is 1. The SMILES string of the molecule is Cc1ncsc1CN(C)C(=O)C1NCCCC1C. The fourth-order valence-electron chi connectivity index (χ4n) is 2.39. The van der Waals surface area contributed by atoms with Gasteiger partial charge in [0.15, 0.2) is 0 Å². The van der Waals surface area contributed by atoms with Gasteiger partial charge in [-0.05, 0) is 32.2 Å². The minimum absolute atomic E-state index is 0.0167. The lowest BCUT2D eigenvalue weighted by atomic mass is 9.92. The largest absolute Gasteiger partial charge is 0.339 e. The molecule has 1 aliphatic heterocycles. The first-order chi connectivity index (χ1) is 8.59. The van der Waals surface area contributed by atoms with Crippen LogP contribution in [0.3, 0.4) is 0 Å². The van der Waals surface area contributed by atoms with E-state index in [1.165, 1.54) is 11.3 Å². The van der Waals surface area contributed by atoms with E-state index < -0.39 is 0 Å². The van der Waals surface area contributed by atoms with Crippen LogP contribution in [0.1, 0.15) is 30.3 Å². The third-order valence-electron chi connectivity index (χ3n) is 3.64. The van der Waals surface area contributed by atoms with Crippen LogP contribution in [0.25, 0.3) is 0 Å². The van der Waals surface area contributed by atoms with Crippen molar-refractivity contribution in [3.8, 4) is 0 Å². The fourth-order valence-corrected chi connectivity index (χ4v) is 3.22. The molecule has 2 rings (SSSR count). The van der Waals surface area contributed by atoms with Gasteiger partial charge in [-0.25, -0.2) is 4.98 Å². The number of thiazole rings is 1. The molecule has 1 N–H and O–H groups in total. The number of carbonyl (C=O) groups excluding carboxylic acids is 1. The van der Waals surface area contributed by atoms with E-state index in [9.17, 15) is 4.79 Å². The monoisotopic (exact) mass is 267 g/mol. The Labute approximate surface area is 112 Å². The molecule has 1 aromatic rings. The Hall–Kier alpha value is -0.940. The molecule has 2 unspecified atom stereocenters. The molecule has 2 heterocycles. The van der Waals surface area contributed by atoms with Crippen molar-refractivity contribution in [3.63, 3.8) is 0 Å². The zero-order valence-electron chi connectivity index (χ0n) is 11.3. The molecule has 0 aliphatic carbocycles. The highest BCUT2D eigenvalue weighted by Crippen LogP contribution is 2.19. The van der Waals surface area contributed by atoms with Gasteiger partial charge in [-0.2, -0.15) is 0 Å². The second-order valence-electron chi connectivity index (χ2n) is 5.11. The van der Waals surface area contributed by atoms with Gasteiger partial charge in [0.2, 0.25) is 5.91 Å². The number of hydrogen-bond donors (Lipinski definition) is 1. The van der Waals surface area contributed by atoms with Crippen molar-refractivity contribution in [3.05, 3.63) is 16.1 Å². The van der Waals surface area contributed by atoms with Crippen molar-refractivity contribution in [1.29, 1.82) is 0 Å². The highest BCUT2D eigenvalue weighted by atomic mass is 32.1. The topological polar surface area (TPSA) is 45.2 Å². The summed E-state index contributed by atoms with van der Waals surface area (Å²) >= 11 is 1.62. The molecule has 0 spiro atoms. The first kappa shape index (κ1) is 13.5. The molecule has 0 bridgehead atoms. The number of amides is 1. The molecular weight excluding hydrogens is 246 g/mol. The van der Waals surface area contributed by atoms with Gasteiger partial charge in [-0.3, -0.25) is 4.79 Å². The fraction of sp³-hybridized carbons (Fsp3) is 0.692. The van der Waals surface area contributed by atoms with Gasteiger partial charge in [0.25, 0.3) is 0 Å². The number of nitrogens with zero attached hydrogens (tertiary/aromatic N) is 2. The minimum atomic E-state index is -0.0167.